The van der Waals surface area contributed by atoms with Crippen LogP contribution < -0.4 is 14.8 Å². The number of methoxy groups -OCH3 is 1. The maximum Gasteiger partial charge on any atom is 0.230 e. The Labute approximate surface area is 151 Å². The minimum Gasteiger partial charge on any atom is -0.493 e. The first-order valence-corrected chi connectivity index (χ1v) is 8.43. The van der Waals surface area contributed by atoms with Crippen molar-refractivity contribution in [1.29, 1.82) is 0 Å². The summed E-state index contributed by atoms with van der Waals surface area (Å²) in [5, 5.41) is 2.75. The van der Waals surface area contributed by atoms with Crippen LogP contribution >= 0.6 is 0 Å². The number of nitrogens with one attached hydrogen (secondary N) is 1. The first-order chi connectivity index (χ1) is 12.7. The molecule has 1 saturated heterocycles. The summed E-state index contributed by atoms with van der Waals surface area (Å²) >= 11 is 0. The molecule has 2 amide bonds. The smallest absolute Gasteiger partial charge is 0.230 e. The van der Waals surface area contributed by atoms with Crippen molar-refractivity contribution in [2.75, 3.05) is 32.1 Å². The van der Waals surface area contributed by atoms with Gasteiger partial charge in [-0.25, -0.2) is 4.98 Å². The lowest BCUT2D eigenvalue weighted by Gasteiger charge is -2.17. The molecule has 1 aromatic heterocycles. The van der Waals surface area contributed by atoms with E-state index in [9.17, 15) is 9.59 Å². The Morgan fingerprint density at radius 3 is 2.73 bits per heavy atom. The zero-order valence-electron chi connectivity index (χ0n) is 14.6. The molecule has 1 N–H and O–H groups in total. The molecule has 136 valence electrons. The van der Waals surface area contributed by atoms with Crippen LogP contribution in [-0.4, -0.2) is 48.5 Å². The average Bonchev–Trinajstić information content (AvgIpc) is 3.04. The molecule has 1 atom stereocenters. The molecule has 0 unspecified atom stereocenters. The summed E-state index contributed by atoms with van der Waals surface area (Å²) in [4.78, 5) is 30.2. The summed E-state index contributed by atoms with van der Waals surface area (Å²) in [6.07, 6.45) is 1.81. The quantitative estimate of drug-likeness (QED) is 0.821. The second-order valence-corrected chi connectivity index (χ2v) is 5.94. The fraction of sp³-hybridized carbons (Fsp3) is 0.316. The molecule has 0 bridgehead atoms. The molecule has 2 aromatic rings. The lowest BCUT2D eigenvalue weighted by atomic mass is 10.1. The number of rotatable bonds is 7. The van der Waals surface area contributed by atoms with E-state index in [1.165, 1.54) is 0 Å². The normalized spacial score (nSPS) is 16.4. The van der Waals surface area contributed by atoms with Crippen molar-refractivity contribution >= 4 is 17.6 Å². The molecule has 0 radical (unpaired) electrons. The highest BCUT2D eigenvalue weighted by molar-refractivity contribution is 5.96. The third-order valence-electron chi connectivity index (χ3n) is 4.19. The largest absolute Gasteiger partial charge is 0.493 e. The maximum absolute atomic E-state index is 12.3. The van der Waals surface area contributed by atoms with Gasteiger partial charge in [-0.1, -0.05) is 18.2 Å². The van der Waals surface area contributed by atoms with Crippen LogP contribution in [0.3, 0.4) is 0 Å². The van der Waals surface area contributed by atoms with Crippen LogP contribution in [0.25, 0.3) is 0 Å². The van der Waals surface area contributed by atoms with Crippen LogP contribution in [0.1, 0.15) is 6.42 Å². The van der Waals surface area contributed by atoms with Gasteiger partial charge in [0.05, 0.1) is 19.6 Å². The van der Waals surface area contributed by atoms with E-state index in [1.54, 1.807) is 36.4 Å². The molecule has 3 rings (SSSR count). The minimum atomic E-state index is -0.379. The van der Waals surface area contributed by atoms with E-state index in [2.05, 4.69) is 10.3 Å². The number of likely N-dealkylation sites (tertiary alicyclic amines) is 1. The predicted octanol–water partition coefficient (Wildman–Crippen LogP) is 1.96. The lowest BCUT2D eigenvalue weighted by molar-refractivity contribution is -0.128. The number of aromatic nitrogens is 1. The highest BCUT2D eigenvalue weighted by Crippen LogP contribution is 2.26. The van der Waals surface area contributed by atoms with E-state index in [0.29, 0.717) is 37.0 Å². The van der Waals surface area contributed by atoms with Crippen LogP contribution in [0, 0.1) is 5.92 Å². The Bertz CT molecular complexity index is 766. The van der Waals surface area contributed by atoms with Crippen LogP contribution in [0.4, 0.5) is 5.82 Å². The zero-order chi connectivity index (χ0) is 18.4. The Hall–Kier alpha value is -3.09. The molecule has 2 heterocycles. The van der Waals surface area contributed by atoms with Gasteiger partial charge >= 0.3 is 0 Å². The number of hydrogen-bond donors (Lipinski definition) is 1. The predicted molar refractivity (Wildman–Crippen MR) is 96.0 cm³/mol. The topological polar surface area (TPSA) is 80.8 Å². The summed E-state index contributed by atoms with van der Waals surface area (Å²) in [6.45, 7) is 1.14. The Morgan fingerprint density at radius 1 is 1.23 bits per heavy atom. The SMILES string of the molecule is COc1ccccc1OCCN1C[C@@H](C(=O)Nc2ccccn2)CC1=O. The number of hydrogen-bond acceptors (Lipinski definition) is 5. The molecule has 1 aliphatic heterocycles. The van der Waals surface area contributed by atoms with Gasteiger partial charge in [-0.05, 0) is 24.3 Å². The van der Waals surface area contributed by atoms with Crippen molar-refractivity contribution in [3.8, 4) is 11.5 Å². The first-order valence-electron chi connectivity index (χ1n) is 8.43. The van der Waals surface area contributed by atoms with Gasteiger partial charge < -0.3 is 19.7 Å². The molecular formula is C19H21N3O4. The third kappa shape index (κ3) is 4.30. The highest BCUT2D eigenvalue weighted by Gasteiger charge is 2.34. The van der Waals surface area contributed by atoms with Crippen molar-refractivity contribution in [3.63, 3.8) is 0 Å². The van der Waals surface area contributed by atoms with Crippen LogP contribution in [0.5, 0.6) is 11.5 Å². The Kier molecular flexibility index (Phi) is 5.68. The zero-order valence-corrected chi connectivity index (χ0v) is 14.6. The first kappa shape index (κ1) is 17.7. The molecule has 1 aliphatic rings. The van der Waals surface area contributed by atoms with Crippen LogP contribution in [0.15, 0.2) is 48.7 Å². The van der Waals surface area contributed by atoms with Gasteiger partial charge in [-0.3, -0.25) is 9.59 Å². The number of carbonyl (C=O) groups excluding carboxylic acids is 2. The second-order valence-electron chi connectivity index (χ2n) is 5.94. The number of ether oxygens (including phenoxy) is 2. The minimum absolute atomic E-state index is 0.0465. The molecule has 0 saturated carbocycles. The highest BCUT2D eigenvalue weighted by atomic mass is 16.5. The van der Waals surface area contributed by atoms with Crippen molar-refractivity contribution in [3.05, 3.63) is 48.7 Å². The standard InChI is InChI=1S/C19H21N3O4/c1-25-15-6-2-3-7-16(15)26-11-10-22-13-14(12-18(22)23)19(24)21-17-8-4-5-9-20-17/h2-9,14H,10-13H2,1H3,(H,20,21,24)/t14-/m0/s1. The third-order valence-corrected chi connectivity index (χ3v) is 4.19. The van der Waals surface area contributed by atoms with Gasteiger partial charge in [0.1, 0.15) is 12.4 Å². The summed E-state index contributed by atoms with van der Waals surface area (Å²) < 4.78 is 10.9. The van der Waals surface area contributed by atoms with Gasteiger partial charge in [0, 0.05) is 19.2 Å². The van der Waals surface area contributed by atoms with Gasteiger partial charge in [0.2, 0.25) is 11.8 Å². The van der Waals surface area contributed by atoms with Crippen LogP contribution in [-0.2, 0) is 9.59 Å². The Morgan fingerprint density at radius 2 is 2.00 bits per heavy atom. The van der Waals surface area contributed by atoms with Gasteiger partial charge in [0.15, 0.2) is 11.5 Å². The molecule has 0 aliphatic carbocycles. The number of anilines is 1. The maximum atomic E-state index is 12.3. The number of carbonyl (C=O) groups is 2. The van der Waals surface area contributed by atoms with Gasteiger partial charge in [0.25, 0.3) is 0 Å². The molecule has 7 nitrogen and oxygen atoms in total. The van der Waals surface area contributed by atoms with Crippen molar-refractivity contribution < 1.29 is 19.1 Å². The number of amides is 2. The van der Waals surface area contributed by atoms with Gasteiger partial charge in [-0.2, -0.15) is 0 Å². The van der Waals surface area contributed by atoms with Crippen molar-refractivity contribution in [2.45, 2.75) is 6.42 Å². The van der Waals surface area contributed by atoms with E-state index in [4.69, 9.17) is 9.47 Å². The summed E-state index contributed by atoms with van der Waals surface area (Å²) in [5.74, 6) is 1.15. The molecule has 7 heteroatoms. The molecular weight excluding hydrogens is 334 g/mol. The van der Waals surface area contributed by atoms with E-state index >= 15 is 0 Å². The average molecular weight is 355 g/mol. The van der Waals surface area contributed by atoms with E-state index in [1.807, 2.05) is 24.3 Å². The van der Waals surface area contributed by atoms with Crippen molar-refractivity contribution in [1.82, 2.24) is 9.88 Å². The van der Waals surface area contributed by atoms with E-state index in [-0.39, 0.29) is 24.2 Å². The number of nitrogens with zero attached hydrogens (tertiary/aromatic N) is 2. The Balaban J connectivity index is 1.49. The molecule has 0 spiro atoms. The second kappa shape index (κ2) is 8.33. The number of benzene rings is 1. The van der Waals surface area contributed by atoms with Crippen molar-refractivity contribution in [2.24, 2.45) is 5.92 Å². The molecule has 1 fully saturated rings. The summed E-state index contributed by atoms with van der Waals surface area (Å²) in [7, 11) is 1.58. The lowest BCUT2D eigenvalue weighted by Crippen LogP contribution is -2.31. The fourth-order valence-electron chi connectivity index (χ4n) is 2.83. The monoisotopic (exact) mass is 355 g/mol. The number of pyridine rings is 1. The van der Waals surface area contributed by atoms with Crippen LogP contribution in [0.2, 0.25) is 0 Å². The summed E-state index contributed by atoms with van der Waals surface area (Å²) in [5.41, 5.74) is 0. The molecule has 1 aromatic carbocycles. The molecule has 26 heavy (non-hydrogen) atoms. The summed E-state index contributed by atoms with van der Waals surface area (Å²) in [6, 6.07) is 12.6. The van der Waals surface area contributed by atoms with E-state index < -0.39 is 0 Å². The number of para-hydroxylation sites is 2. The van der Waals surface area contributed by atoms with E-state index in [0.717, 1.165) is 0 Å². The van der Waals surface area contributed by atoms with Gasteiger partial charge in [-0.15, -0.1) is 0 Å². The fourth-order valence-corrected chi connectivity index (χ4v) is 2.83.